The molecule has 0 spiro atoms. The largest absolute Gasteiger partial charge is 0.508 e. The van der Waals surface area contributed by atoms with Gasteiger partial charge in [0.05, 0.1) is 29.0 Å². The number of nitrogens with zero attached hydrogens (tertiary/aromatic N) is 3. The van der Waals surface area contributed by atoms with Crippen molar-refractivity contribution in [1.29, 1.82) is 0 Å². The molecule has 0 saturated heterocycles. The van der Waals surface area contributed by atoms with Crippen LogP contribution in [0.3, 0.4) is 0 Å². The third-order valence-electron chi connectivity index (χ3n) is 4.54. The Hall–Kier alpha value is -3.87. The van der Waals surface area contributed by atoms with E-state index in [0.717, 1.165) is 34.3 Å². The number of nitrogens with one attached hydrogen (secondary N) is 1. The third-order valence-corrected chi connectivity index (χ3v) is 4.54. The number of ether oxygens (including phenoxy) is 2. The van der Waals surface area contributed by atoms with Gasteiger partial charge in [0.25, 0.3) is 0 Å². The van der Waals surface area contributed by atoms with E-state index in [9.17, 15) is 5.11 Å². The average molecular weight is 374 g/mol. The Bertz CT molecular complexity index is 1090. The second-order valence-electron chi connectivity index (χ2n) is 6.38. The van der Waals surface area contributed by atoms with Gasteiger partial charge in [0.1, 0.15) is 19.0 Å². The van der Waals surface area contributed by atoms with Gasteiger partial charge in [0.2, 0.25) is 0 Å². The summed E-state index contributed by atoms with van der Waals surface area (Å²) in [6.07, 6.45) is 7.57. The number of aromatic hydroxyl groups is 1. The Morgan fingerprint density at radius 2 is 1.86 bits per heavy atom. The standard InChI is InChI=1S/C21H18N4O3/c26-17-4-1-3-15(13-17)24-10-2-5-18(23-24)19-8-9-22-25(19)16-6-7-20-21(14-16)28-12-11-27-20/h1-10,13-14,23,26H,11-12H2. The maximum atomic E-state index is 9.75. The molecule has 0 fully saturated rings. The highest BCUT2D eigenvalue weighted by Crippen LogP contribution is 2.33. The molecule has 2 N–H and O–H groups in total. The lowest BCUT2D eigenvalue weighted by Gasteiger charge is -2.27. The molecule has 2 aliphatic rings. The zero-order valence-corrected chi connectivity index (χ0v) is 14.9. The Labute approximate surface area is 161 Å². The maximum Gasteiger partial charge on any atom is 0.163 e. The van der Waals surface area contributed by atoms with E-state index in [0.29, 0.717) is 13.2 Å². The van der Waals surface area contributed by atoms with Crippen LogP contribution in [0.15, 0.2) is 73.1 Å². The lowest BCUT2D eigenvalue weighted by molar-refractivity contribution is 0.171. The average Bonchev–Trinajstić information content (AvgIpc) is 3.23. The van der Waals surface area contributed by atoms with Gasteiger partial charge in [-0.05, 0) is 42.5 Å². The summed E-state index contributed by atoms with van der Waals surface area (Å²) in [7, 11) is 0. The molecule has 0 atom stereocenters. The van der Waals surface area contributed by atoms with Gasteiger partial charge in [-0.1, -0.05) is 6.07 Å². The molecule has 0 unspecified atom stereocenters. The number of aromatic nitrogens is 2. The van der Waals surface area contributed by atoms with Crippen LogP contribution in [0, 0.1) is 0 Å². The first kappa shape index (κ1) is 16.3. The van der Waals surface area contributed by atoms with Gasteiger partial charge in [-0.3, -0.25) is 10.4 Å². The SMILES string of the molecule is Oc1cccc(N2C=CC=C(c3ccnn3-c3ccc4c(c3)OCCO4)N2)c1. The molecular formula is C21H18N4O3. The van der Waals surface area contributed by atoms with Crippen LogP contribution >= 0.6 is 0 Å². The molecule has 0 radical (unpaired) electrons. The molecule has 0 aliphatic carbocycles. The summed E-state index contributed by atoms with van der Waals surface area (Å²) >= 11 is 0. The number of benzene rings is 2. The normalized spacial score (nSPS) is 15.1. The van der Waals surface area contributed by atoms with Gasteiger partial charge >= 0.3 is 0 Å². The third kappa shape index (κ3) is 2.92. The van der Waals surface area contributed by atoms with Crippen LogP contribution in [0.5, 0.6) is 17.2 Å². The number of fused-ring (bicyclic) bond motifs is 1. The smallest absolute Gasteiger partial charge is 0.163 e. The van der Waals surface area contributed by atoms with Crippen molar-refractivity contribution < 1.29 is 14.6 Å². The summed E-state index contributed by atoms with van der Waals surface area (Å²) in [6, 6.07) is 14.8. The van der Waals surface area contributed by atoms with Crippen LogP contribution in [0.2, 0.25) is 0 Å². The number of rotatable bonds is 3. The van der Waals surface area contributed by atoms with Crippen molar-refractivity contribution in [2.75, 3.05) is 18.2 Å². The van der Waals surface area contributed by atoms with Gasteiger partial charge in [-0.2, -0.15) is 5.10 Å². The quantitative estimate of drug-likeness (QED) is 0.733. The first-order valence-electron chi connectivity index (χ1n) is 8.96. The first-order chi connectivity index (χ1) is 13.8. The molecule has 2 aliphatic heterocycles. The first-order valence-corrected chi connectivity index (χ1v) is 8.96. The number of hydrogen-bond acceptors (Lipinski definition) is 6. The van der Waals surface area contributed by atoms with Crippen molar-refractivity contribution in [2.24, 2.45) is 0 Å². The molecule has 28 heavy (non-hydrogen) atoms. The van der Waals surface area contributed by atoms with Gasteiger partial charge in [0, 0.05) is 18.3 Å². The van der Waals surface area contributed by atoms with Crippen LogP contribution in [0.4, 0.5) is 5.69 Å². The summed E-state index contributed by atoms with van der Waals surface area (Å²) in [5.74, 6) is 1.68. The second-order valence-corrected chi connectivity index (χ2v) is 6.38. The lowest BCUT2D eigenvalue weighted by Crippen LogP contribution is -2.34. The summed E-state index contributed by atoms with van der Waals surface area (Å²) in [6.45, 7) is 1.10. The van der Waals surface area contributed by atoms with E-state index in [1.54, 1.807) is 24.4 Å². The monoisotopic (exact) mass is 374 g/mol. The number of anilines is 1. The zero-order valence-electron chi connectivity index (χ0n) is 14.9. The Balaban J connectivity index is 1.46. The number of hydrogen-bond donors (Lipinski definition) is 2. The zero-order chi connectivity index (χ0) is 18.9. The fourth-order valence-electron chi connectivity index (χ4n) is 3.24. The molecule has 0 saturated carbocycles. The highest BCUT2D eigenvalue weighted by Gasteiger charge is 2.17. The molecule has 3 heterocycles. The second kappa shape index (κ2) is 6.70. The van der Waals surface area contributed by atoms with E-state index in [1.165, 1.54) is 0 Å². The molecule has 5 rings (SSSR count). The Kier molecular flexibility index (Phi) is 3.90. The molecule has 0 amide bonds. The number of phenols is 1. The topological polar surface area (TPSA) is 71.8 Å². The van der Waals surface area contributed by atoms with E-state index in [4.69, 9.17) is 9.47 Å². The van der Waals surface area contributed by atoms with Crippen LogP contribution in [-0.4, -0.2) is 28.1 Å². The number of hydrazine groups is 1. The van der Waals surface area contributed by atoms with E-state index in [1.807, 2.05) is 58.4 Å². The van der Waals surface area contributed by atoms with E-state index < -0.39 is 0 Å². The predicted molar refractivity (Wildman–Crippen MR) is 105 cm³/mol. The molecule has 7 heteroatoms. The van der Waals surface area contributed by atoms with E-state index in [-0.39, 0.29) is 5.75 Å². The maximum absolute atomic E-state index is 9.75. The van der Waals surface area contributed by atoms with Crippen molar-refractivity contribution in [1.82, 2.24) is 15.2 Å². The van der Waals surface area contributed by atoms with Crippen molar-refractivity contribution in [3.05, 3.63) is 78.8 Å². The van der Waals surface area contributed by atoms with Crippen LogP contribution in [0.25, 0.3) is 11.4 Å². The van der Waals surface area contributed by atoms with Crippen LogP contribution in [-0.2, 0) is 0 Å². The molecule has 140 valence electrons. The molecule has 0 bridgehead atoms. The van der Waals surface area contributed by atoms with Crippen molar-refractivity contribution in [3.63, 3.8) is 0 Å². The summed E-state index contributed by atoms with van der Waals surface area (Å²) in [5, 5.41) is 16.1. The molecule has 3 aromatic rings. The van der Waals surface area contributed by atoms with Gasteiger partial charge in [-0.25, -0.2) is 4.68 Å². The summed E-state index contributed by atoms with van der Waals surface area (Å²) in [5.41, 5.74) is 6.83. The minimum absolute atomic E-state index is 0.213. The highest BCUT2D eigenvalue weighted by atomic mass is 16.6. The number of allylic oxidation sites excluding steroid dienone is 2. The van der Waals surface area contributed by atoms with Gasteiger partial charge in [0.15, 0.2) is 11.5 Å². The molecular weight excluding hydrogens is 356 g/mol. The minimum atomic E-state index is 0.213. The van der Waals surface area contributed by atoms with Crippen molar-refractivity contribution in [3.8, 4) is 22.9 Å². The highest BCUT2D eigenvalue weighted by molar-refractivity contribution is 5.70. The summed E-state index contributed by atoms with van der Waals surface area (Å²) < 4.78 is 13.1. The minimum Gasteiger partial charge on any atom is -0.508 e. The molecule has 1 aromatic heterocycles. The van der Waals surface area contributed by atoms with E-state index in [2.05, 4.69) is 10.5 Å². The summed E-state index contributed by atoms with van der Waals surface area (Å²) in [4.78, 5) is 0. The number of phenolic OH excluding ortho intramolecular Hbond substituents is 1. The van der Waals surface area contributed by atoms with Gasteiger partial charge < -0.3 is 14.6 Å². The fraction of sp³-hybridized carbons (Fsp3) is 0.0952. The predicted octanol–water partition coefficient (Wildman–Crippen LogP) is 3.23. The lowest BCUT2D eigenvalue weighted by atomic mass is 10.2. The van der Waals surface area contributed by atoms with Crippen LogP contribution in [0.1, 0.15) is 5.69 Å². The van der Waals surface area contributed by atoms with E-state index >= 15 is 0 Å². The van der Waals surface area contributed by atoms with Crippen LogP contribution < -0.4 is 19.9 Å². The molecule has 7 nitrogen and oxygen atoms in total. The Morgan fingerprint density at radius 3 is 2.75 bits per heavy atom. The van der Waals surface area contributed by atoms with Gasteiger partial charge in [-0.15, -0.1) is 0 Å². The Morgan fingerprint density at radius 1 is 0.964 bits per heavy atom. The fourth-order valence-corrected chi connectivity index (χ4v) is 3.24. The van der Waals surface area contributed by atoms with Crippen molar-refractivity contribution >= 4 is 11.4 Å². The van der Waals surface area contributed by atoms with Crippen molar-refractivity contribution in [2.45, 2.75) is 0 Å². The molecule has 2 aromatic carbocycles.